The fraction of sp³-hybridized carbons (Fsp3) is 0.750. The van der Waals surface area contributed by atoms with E-state index in [1.165, 1.54) is 11.8 Å². The molecule has 0 radical (unpaired) electrons. The van der Waals surface area contributed by atoms with Crippen molar-refractivity contribution in [2.75, 3.05) is 12.4 Å². The van der Waals surface area contributed by atoms with E-state index in [1.807, 2.05) is 6.92 Å². The maximum absolute atomic E-state index is 10.7. The molecule has 0 bridgehead atoms. The number of oxime groups is 1. The zero-order valence-corrected chi connectivity index (χ0v) is 8.93. The zero-order chi connectivity index (χ0) is 10.3. The van der Waals surface area contributed by atoms with Gasteiger partial charge in [-0.3, -0.25) is 0 Å². The lowest BCUT2D eigenvalue weighted by molar-refractivity contribution is -0.129. The predicted molar refractivity (Wildman–Crippen MR) is 54.3 cm³/mol. The lowest BCUT2D eigenvalue weighted by Gasteiger charge is -2.08. The number of aliphatic carboxylic acids is 1. The van der Waals surface area contributed by atoms with Gasteiger partial charge in [0.2, 0.25) is 0 Å². The van der Waals surface area contributed by atoms with Crippen molar-refractivity contribution in [2.24, 2.45) is 5.16 Å². The van der Waals surface area contributed by atoms with Crippen LogP contribution in [0.4, 0.5) is 0 Å². The third kappa shape index (κ3) is 4.77. The van der Waals surface area contributed by atoms with Crippen molar-refractivity contribution in [3.8, 4) is 0 Å². The molecule has 4 nitrogen and oxygen atoms in total. The molecule has 0 aliphatic heterocycles. The average Bonchev–Trinajstić information content (AvgIpc) is 2.05. The highest BCUT2D eigenvalue weighted by molar-refractivity contribution is 8.00. The van der Waals surface area contributed by atoms with Crippen molar-refractivity contribution in [1.29, 1.82) is 0 Å². The number of carboxylic acids is 1. The van der Waals surface area contributed by atoms with E-state index < -0.39 is 5.97 Å². The SMILES string of the molecule is CCON=C(C(=O)O)C(C)SCC. The molecule has 0 aromatic rings. The Hall–Kier alpha value is -0.710. The average molecular weight is 205 g/mol. The molecular weight excluding hydrogens is 190 g/mol. The van der Waals surface area contributed by atoms with Crippen LogP contribution in [-0.4, -0.2) is 34.4 Å². The van der Waals surface area contributed by atoms with Gasteiger partial charge in [-0.05, 0) is 19.6 Å². The molecule has 13 heavy (non-hydrogen) atoms. The van der Waals surface area contributed by atoms with E-state index in [-0.39, 0.29) is 11.0 Å². The van der Waals surface area contributed by atoms with E-state index in [1.54, 1.807) is 13.8 Å². The second-order valence-electron chi connectivity index (χ2n) is 2.30. The van der Waals surface area contributed by atoms with Crippen LogP contribution in [0.25, 0.3) is 0 Å². The van der Waals surface area contributed by atoms with Crippen molar-refractivity contribution in [1.82, 2.24) is 0 Å². The first-order chi connectivity index (χ1) is 6.13. The Morgan fingerprint density at radius 2 is 2.23 bits per heavy atom. The summed E-state index contributed by atoms with van der Waals surface area (Å²) in [4.78, 5) is 15.4. The lowest BCUT2D eigenvalue weighted by atomic mass is 10.3. The molecule has 0 rings (SSSR count). The Morgan fingerprint density at radius 3 is 2.62 bits per heavy atom. The summed E-state index contributed by atoms with van der Waals surface area (Å²) in [6.07, 6.45) is 0. The normalized spacial score (nSPS) is 13.9. The van der Waals surface area contributed by atoms with Crippen molar-refractivity contribution in [3.63, 3.8) is 0 Å². The Balaban J connectivity index is 4.31. The minimum absolute atomic E-state index is 0.0775. The van der Waals surface area contributed by atoms with Gasteiger partial charge in [0.1, 0.15) is 6.61 Å². The standard InChI is InChI=1S/C8H15NO3S/c1-4-12-9-7(8(10)11)6(3)13-5-2/h6H,4-5H2,1-3H3,(H,10,11). The molecule has 0 amide bonds. The summed E-state index contributed by atoms with van der Waals surface area (Å²) in [6.45, 7) is 5.93. The molecule has 0 aliphatic rings. The molecule has 0 spiro atoms. The highest BCUT2D eigenvalue weighted by atomic mass is 32.2. The fourth-order valence-corrected chi connectivity index (χ4v) is 1.55. The summed E-state index contributed by atoms with van der Waals surface area (Å²) in [5, 5.41) is 12.2. The van der Waals surface area contributed by atoms with E-state index in [2.05, 4.69) is 5.16 Å². The Bertz CT molecular complexity index is 194. The van der Waals surface area contributed by atoms with Gasteiger partial charge in [-0.25, -0.2) is 4.79 Å². The van der Waals surface area contributed by atoms with Gasteiger partial charge in [-0.2, -0.15) is 11.8 Å². The number of hydrogen-bond donors (Lipinski definition) is 1. The second kappa shape index (κ2) is 6.77. The smallest absolute Gasteiger partial charge is 0.354 e. The maximum atomic E-state index is 10.7. The van der Waals surface area contributed by atoms with Gasteiger partial charge in [-0.15, -0.1) is 0 Å². The van der Waals surface area contributed by atoms with Gasteiger partial charge in [0, 0.05) is 0 Å². The molecule has 0 saturated carbocycles. The molecular formula is C8H15NO3S. The van der Waals surface area contributed by atoms with E-state index in [0.717, 1.165) is 5.75 Å². The van der Waals surface area contributed by atoms with Gasteiger partial charge < -0.3 is 9.94 Å². The summed E-state index contributed by atoms with van der Waals surface area (Å²) >= 11 is 1.53. The predicted octanol–water partition coefficient (Wildman–Crippen LogP) is 1.61. The first-order valence-electron chi connectivity index (χ1n) is 4.18. The van der Waals surface area contributed by atoms with Gasteiger partial charge in [-0.1, -0.05) is 12.1 Å². The van der Waals surface area contributed by atoms with E-state index in [0.29, 0.717) is 6.61 Å². The molecule has 0 heterocycles. The molecule has 0 aromatic heterocycles. The number of nitrogens with zero attached hydrogens (tertiary/aromatic N) is 1. The Labute approximate surface area is 82.3 Å². The molecule has 1 atom stereocenters. The van der Waals surface area contributed by atoms with E-state index in [4.69, 9.17) is 9.94 Å². The van der Waals surface area contributed by atoms with Crippen LogP contribution in [-0.2, 0) is 9.63 Å². The van der Waals surface area contributed by atoms with Crippen LogP contribution < -0.4 is 0 Å². The largest absolute Gasteiger partial charge is 0.477 e. The lowest BCUT2D eigenvalue weighted by Crippen LogP contribution is -2.24. The summed E-state index contributed by atoms with van der Waals surface area (Å²) < 4.78 is 0. The quantitative estimate of drug-likeness (QED) is 0.528. The molecule has 0 aliphatic carbocycles. The minimum Gasteiger partial charge on any atom is -0.477 e. The Kier molecular flexibility index (Phi) is 6.40. The second-order valence-corrected chi connectivity index (χ2v) is 3.91. The molecule has 76 valence electrons. The van der Waals surface area contributed by atoms with Crippen LogP contribution in [0.2, 0.25) is 0 Å². The molecule has 1 N–H and O–H groups in total. The van der Waals surface area contributed by atoms with Crippen molar-refractivity contribution >= 4 is 23.4 Å². The van der Waals surface area contributed by atoms with Crippen molar-refractivity contribution in [2.45, 2.75) is 26.0 Å². The highest BCUT2D eigenvalue weighted by Crippen LogP contribution is 2.11. The molecule has 0 aromatic carbocycles. The topological polar surface area (TPSA) is 58.9 Å². The van der Waals surface area contributed by atoms with Gasteiger partial charge in [0.05, 0.1) is 5.25 Å². The summed E-state index contributed by atoms with van der Waals surface area (Å²) in [6, 6.07) is 0. The minimum atomic E-state index is -1.01. The van der Waals surface area contributed by atoms with Crippen LogP contribution >= 0.6 is 11.8 Å². The first kappa shape index (κ1) is 12.3. The molecule has 0 saturated heterocycles. The number of rotatable bonds is 6. The number of carbonyl (C=O) groups is 1. The van der Waals surface area contributed by atoms with Crippen molar-refractivity contribution < 1.29 is 14.7 Å². The van der Waals surface area contributed by atoms with E-state index in [9.17, 15) is 4.79 Å². The van der Waals surface area contributed by atoms with Gasteiger partial charge >= 0.3 is 5.97 Å². The molecule has 1 unspecified atom stereocenters. The van der Waals surface area contributed by atoms with Crippen molar-refractivity contribution in [3.05, 3.63) is 0 Å². The van der Waals surface area contributed by atoms with Crippen LogP contribution in [0.5, 0.6) is 0 Å². The van der Waals surface area contributed by atoms with Crippen LogP contribution in [0.1, 0.15) is 20.8 Å². The zero-order valence-electron chi connectivity index (χ0n) is 8.11. The summed E-state index contributed by atoms with van der Waals surface area (Å²) in [7, 11) is 0. The number of hydrogen-bond acceptors (Lipinski definition) is 4. The molecule has 0 fully saturated rings. The summed E-state index contributed by atoms with van der Waals surface area (Å²) in [5.41, 5.74) is 0.0775. The monoisotopic (exact) mass is 205 g/mol. The highest BCUT2D eigenvalue weighted by Gasteiger charge is 2.18. The van der Waals surface area contributed by atoms with Crippen LogP contribution in [0, 0.1) is 0 Å². The third-order valence-corrected chi connectivity index (χ3v) is 2.37. The number of carboxylic acid groups (broad SMARTS) is 1. The number of thioether (sulfide) groups is 1. The van der Waals surface area contributed by atoms with Gasteiger partial charge in [0.15, 0.2) is 5.71 Å². The summed E-state index contributed by atoms with van der Waals surface area (Å²) in [5.74, 6) is -0.151. The maximum Gasteiger partial charge on any atom is 0.354 e. The van der Waals surface area contributed by atoms with Crippen LogP contribution in [0.3, 0.4) is 0 Å². The van der Waals surface area contributed by atoms with Gasteiger partial charge in [0.25, 0.3) is 0 Å². The first-order valence-corrected chi connectivity index (χ1v) is 5.23. The van der Waals surface area contributed by atoms with Crippen LogP contribution in [0.15, 0.2) is 5.16 Å². The Morgan fingerprint density at radius 1 is 1.62 bits per heavy atom. The van der Waals surface area contributed by atoms with E-state index >= 15 is 0 Å². The fourth-order valence-electron chi connectivity index (χ4n) is 0.750. The third-order valence-electron chi connectivity index (χ3n) is 1.31. The molecule has 5 heteroatoms.